The number of aryl methyl sites for hydroxylation is 2. The van der Waals surface area contributed by atoms with Crippen molar-refractivity contribution in [3.8, 4) is 0 Å². The lowest BCUT2D eigenvalue weighted by molar-refractivity contribution is -0.145. The summed E-state index contributed by atoms with van der Waals surface area (Å²) in [4.78, 5) is 44.7. The van der Waals surface area contributed by atoms with Crippen molar-refractivity contribution < 1.29 is 14.4 Å². The number of rotatable bonds is 7. The van der Waals surface area contributed by atoms with Gasteiger partial charge in [-0.1, -0.05) is 36.4 Å². The predicted molar refractivity (Wildman–Crippen MR) is 136 cm³/mol. The molecular formula is C27H35N5O3. The fraction of sp³-hybridized carbons (Fsp3) is 0.444. The number of carbonyl (C=O) groups excluding carboxylic acids is 3. The summed E-state index contributed by atoms with van der Waals surface area (Å²) in [5.74, 6) is -0.641. The molecule has 8 nitrogen and oxygen atoms in total. The van der Waals surface area contributed by atoms with Gasteiger partial charge in [0, 0.05) is 51.5 Å². The maximum Gasteiger partial charge on any atom is 0.243 e. The molecule has 0 radical (unpaired) electrons. The van der Waals surface area contributed by atoms with Gasteiger partial charge in [0.15, 0.2) is 0 Å². The highest BCUT2D eigenvalue weighted by atomic mass is 16.2. The normalized spacial score (nSPS) is 19.3. The third-order valence-electron chi connectivity index (χ3n) is 6.61. The Morgan fingerprint density at radius 1 is 0.943 bits per heavy atom. The number of hydrogen-bond acceptors (Lipinski definition) is 5. The number of amides is 3. The molecule has 2 aliphatic heterocycles. The number of hydrogen-bond donors (Lipinski definition) is 2. The van der Waals surface area contributed by atoms with Crippen LogP contribution in [-0.4, -0.2) is 84.3 Å². The van der Waals surface area contributed by atoms with Crippen molar-refractivity contribution in [1.29, 1.82) is 0 Å². The SMILES string of the molecule is Cc1cc(C)cc(NC(=O)C[C@H]2C(=O)NCCN2C(=O)CN2CCN(Cc3ccccc3)CC2)c1. The molecule has 3 amide bonds. The third kappa shape index (κ3) is 6.90. The lowest BCUT2D eigenvalue weighted by Gasteiger charge is -2.38. The Morgan fingerprint density at radius 2 is 1.60 bits per heavy atom. The highest BCUT2D eigenvalue weighted by molar-refractivity contribution is 5.97. The molecule has 2 saturated heterocycles. The van der Waals surface area contributed by atoms with E-state index in [2.05, 4.69) is 44.7 Å². The predicted octanol–water partition coefficient (Wildman–Crippen LogP) is 1.78. The molecule has 2 aromatic carbocycles. The van der Waals surface area contributed by atoms with Crippen molar-refractivity contribution >= 4 is 23.4 Å². The van der Waals surface area contributed by atoms with Gasteiger partial charge < -0.3 is 15.5 Å². The molecule has 2 N–H and O–H groups in total. The third-order valence-corrected chi connectivity index (χ3v) is 6.61. The zero-order valence-electron chi connectivity index (χ0n) is 20.6. The van der Waals surface area contributed by atoms with E-state index in [1.165, 1.54) is 5.56 Å². The van der Waals surface area contributed by atoms with E-state index in [1.807, 2.05) is 38.1 Å². The van der Waals surface area contributed by atoms with E-state index in [9.17, 15) is 14.4 Å². The Morgan fingerprint density at radius 3 is 2.29 bits per heavy atom. The Bertz CT molecular complexity index is 1030. The number of benzene rings is 2. The number of piperazine rings is 2. The molecule has 0 saturated carbocycles. The first-order valence-electron chi connectivity index (χ1n) is 12.3. The van der Waals surface area contributed by atoms with Crippen molar-refractivity contribution in [2.45, 2.75) is 32.9 Å². The molecule has 0 bridgehead atoms. The first kappa shape index (κ1) is 24.9. The van der Waals surface area contributed by atoms with Crippen LogP contribution in [0.15, 0.2) is 48.5 Å². The maximum absolute atomic E-state index is 13.2. The zero-order chi connectivity index (χ0) is 24.8. The Hall–Kier alpha value is -3.23. The van der Waals surface area contributed by atoms with Crippen molar-refractivity contribution in [2.75, 3.05) is 51.1 Å². The maximum atomic E-state index is 13.2. The number of nitrogens with zero attached hydrogens (tertiary/aromatic N) is 3. The van der Waals surface area contributed by atoms with Gasteiger partial charge in [0.25, 0.3) is 0 Å². The van der Waals surface area contributed by atoms with Gasteiger partial charge >= 0.3 is 0 Å². The lowest BCUT2D eigenvalue weighted by atomic mass is 10.1. The van der Waals surface area contributed by atoms with Crippen molar-refractivity contribution in [1.82, 2.24) is 20.0 Å². The second-order valence-electron chi connectivity index (χ2n) is 9.56. The van der Waals surface area contributed by atoms with E-state index >= 15 is 0 Å². The molecule has 0 unspecified atom stereocenters. The first-order valence-corrected chi connectivity index (χ1v) is 12.3. The molecule has 4 rings (SSSR count). The highest BCUT2D eigenvalue weighted by Crippen LogP contribution is 2.17. The Labute approximate surface area is 207 Å². The van der Waals surface area contributed by atoms with Crippen LogP contribution >= 0.6 is 0 Å². The van der Waals surface area contributed by atoms with Crippen LogP contribution in [-0.2, 0) is 20.9 Å². The summed E-state index contributed by atoms with van der Waals surface area (Å²) >= 11 is 0. The van der Waals surface area contributed by atoms with Gasteiger partial charge in [-0.3, -0.25) is 24.2 Å². The van der Waals surface area contributed by atoms with E-state index in [0.29, 0.717) is 18.8 Å². The molecule has 0 aromatic heterocycles. The molecule has 1 atom stereocenters. The van der Waals surface area contributed by atoms with Crippen LogP contribution in [0, 0.1) is 13.8 Å². The van der Waals surface area contributed by atoms with Crippen LogP contribution in [0.25, 0.3) is 0 Å². The van der Waals surface area contributed by atoms with Gasteiger partial charge in [0.1, 0.15) is 6.04 Å². The smallest absolute Gasteiger partial charge is 0.243 e. The number of anilines is 1. The summed E-state index contributed by atoms with van der Waals surface area (Å²) in [6.07, 6.45) is -0.0601. The molecule has 2 aliphatic rings. The van der Waals surface area contributed by atoms with Gasteiger partial charge in [0.2, 0.25) is 17.7 Å². The van der Waals surface area contributed by atoms with Crippen LogP contribution in [0.3, 0.4) is 0 Å². The highest BCUT2D eigenvalue weighted by Gasteiger charge is 2.35. The summed E-state index contributed by atoms with van der Waals surface area (Å²) in [5.41, 5.74) is 4.10. The quantitative estimate of drug-likeness (QED) is 0.635. The van der Waals surface area contributed by atoms with E-state index in [1.54, 1.807) is 4.90 Å². The Balaban J connectivity index is 1.30. The van der Waals surface area contributed by atoms with E-state index < -0.39 is 6.04 Å². The number of carbonyl (C=O) groups is 3. The summed E-state index contributed by atoms with van der Waals surface area (Å²) in [6, 6.07) is 15.4. The van der Waals surface area contributed by atoms with E-state index in [-0.39, 0.29) is 30.7 Å². The van der Waals surface area contributed by atoms with Crippen LogP contribution in [0.2, 0.25) is 0 Å². The monoisotopic (exact) mass is 477 g/mol. The molecule has 0 aliphatic carbocycles. The van der Waals surface area contributed by atoms with Crippen LogP contribution in [0.1, 0.15) is 23.1 Å². The summed E-state index contributed by atoms with van der Waals surface area (Å²) in [6.45, 7) is 9.33. The first-order chi connectivity index (χ1) is 16.9. The summed E-state index contributed by atoms with van der Waals surface area (Å²) in [7, 11) is 0. The van der Waals surface area contributed by atoms with Crippen molar-refractivity contribution in [2.24, 2.45) is 0 Å². The van der Waals surface area contributed by atoms with E-state index in [4.69, 9.17) is 0 Å². The Kier molecular flexibility index (Phi) is 8.15. The minimum absolute atomic E-state index is 0.0601. The zero-order valence-corrected chi connectivity index (χ0v) is 20.6. The van der Waals surface area contributed by atoms with Gasteiger partial charge in [-0.05, 0) is 42.7 Å². The second kappa shape index (κ2) is 11.5. The molecule has 8 heteroatoms. The van der Waals surface area contributed by atoms with Crippen LogP contribution in [0.5, 0.6) is 0 Å². The molecule has 186 valence electrons. The van der Waals surface area contributed by atoms with Crippen molar-refractivity contribution in [3.63, 3.8) is 0 Å². The number of nitrogens with one attached hydrogen (secondary N) is 2. The minimum Gasteiger partial charge on any atom is -0.353 e. The summed E-state index contributed by atoms with van der Waals surface area (Å²) < 4.78 is 0. The summed E-state index contributed by atoms with van der Waals surface area (Å²) in [5, 5.41) is 5.69. The fourth-order valence-electron chi connectivity index (χ4n) is 4.88. The standard InChI is InChI=1S/C27H35N5O3/c1-20-14-21(2)16-23(15-20)29-25(33)17-24-27(35)28-8-9-32(24)26(34)19-31-12-10-30(11-13-31)18-22-6-4-3-5-7-22/h3-7,14-16,24H,8-13,17-19H2,1-2H3,(H,28,35)(H,29,33)/t24-/m0/s1. The molecule has 2 heterocycles. The second-order valence-corrected chi connectivity index (χ2v) is 9.56. The lowest BCUT2D eigenvalue weighted by Crippen LogP contribution is -2.60. The minimum atomic E-state index is -0.790. The fourth-order valence-corrected chi connectivity index (χ4v) is 4.88. The average Bonchev–Trinajstić information content (AvgIpc) is 2.81. The molecule has 35 heavy (non-hydrogen) atoms. The largest absolute Gasteiger partial charge is 0.353 e. The van der Waals surface area contributed by atoms with Gasteiger partial charge in [0.05, 0.1) is 13.0 Å². The molecular weight excluding hydrogens is 442 g/mol. The van der Waals surface area contributed by atoms with Gasteiger partial charge in [-0.15, -0.1) is 0 Å². The topological polar surface area (TPSA) is 85.0 Å². The van der Waals surface area contributed by atoms with Gasteiger partial charge in [-0.2, -0.15) is 0 Å². The van der Waals surface area contributed by atoms with Crippen molar-refractivity contribution in [3.05, 3.63) is 65.2 Å². The van der Waals surface area contributed by atoms with E-state index in [0.717, 1.165) is 43.9 Å². The average molecular weight is 478 g/mol. The van der Waals surface area contributed by atoms with Crippen LogP contribution < -0.4 is 10.6 Å². The molecule has 2 aromatic rings. The van der Waals surface area contributed by atoms with Crippen LogP contribution in [0.4, 0.5) is 5.69 Å². The molecule has 0 spiro atoms. The van der Waals surface area contributed by atoms with Gasteiger partial charge in [-0.25, -0.2) is 0 Å². The molecule has 2 fully saturated rings.